The normalized spacial score (nSPS) is 11.4. The van der Waals surface area contributed by atoms with Gasteiger partial charge < -0.3 is 0 Å². The summed E-state index contributed by atoms with van der Waals surface area (Å²) in [5.74, 6) is -2.05. The zero-order chi connectivity index (χ0) is 11.6. The highest BCUT2D eigenvalue weighted by atomic mass is 32.2. The Balaban J connectivity index is 3.06. The first-order chi connectivity index (χ1) is 6.79. The average Bonchev–Trinajstić information content (AvgIpc) is 2.06. The summed E-state index contributed by atoms with van der Waals surface area (Å²) in [7, 11) is -3.42. The first-order valence-electron chi connectivity index (χ1n) is 4.26. The molecule has 0 aliphatic carbocycles. The standard InChI is InChI=1S/C10H11FO3S/c1-7-3-4-9(11)8(5-7)10(12)6-15(2,13)14/h3-5H,6H2,1-2H3. The number of benzene rings is 1. The Morgan fingerprint density at radius 1 is 1.40 bits per heavy atom. The number of sulfone groups is 1. The average molecular weight is 230 g/mol. The molecule has 0 radical (unpaired) electrons. The number of carbonyl (C=O) groups excluding carboxylic acids is 1. The van der Waals surface area contributed by atoms with Gasteiger partial charge in [0.25, 0.3) is 0 Å². The van der Waals surface area contributed by atoms with E-state index in [1.54, 1.807) is 6.92 Å². The molecule has 0 aliphatic rings. The van der Waals surface area contributed by atoms with E-state index in [1.807, 2.05) is 0 Å². The fraction of sp³-hybridized carbons (Fsp3) is 0.300. The van der Waals surface area contributed by atoms with E-state index in [0.29, 0.717) is 5.56 Å². The van der Waals surface area contributed by atoms with Gasteiger partial charge in [0, 0.05) is 6.26 Å². The highest BCUT2D eigenvalue weighted by Gasteiger charge is 2.16. The van der Waals surface area contributed by atoms with Crippen molar-refractivity contribution in [2.45, 2.75) is 6.92 Å². The second kappa shape index (κ2) is 4.10. The van der Waals surface area contributed by atoms with E-state index in [1.165, 1.54) is 12.1 Å². The number of aryl methyl sites for hydroxylation is 1. The van der Waals surface area contributed by atoms with Gasteiger partial charge in [-0.2, -0.15) is 0 Å². The monoisotopic (exact) mass is 230 g/mol. The number of ketones is 1. The van der Waals surface area contributed by atoms with Crippen LogP contribution in [0.4, 0.5) is 4.39 Å². The molecular weight excluding hydrogens is 219 g/mol. The first-order valence-corrected chi connectivity index (χ1v) is 6.33. The fourth-order valence-corrected chi connectivity index (χ4v) is 1.80. The van der Waals surface area contributed by atoms with Crippen LogP contribution in [0.2, 0.25) is 0 Å². The minimum atomic E-state index is -3.42. The van der Waals surface area contributed by atoms with Crippen LogP contribution in [0.15, 0.2) is 18.2 Å². The van der Waals surface area contributed by atoms with Crippen LogP contribution >= 0.6 is 0 Å². The van der Waals surface area contributed by atoms with E-state index < -0.39 is 27.2 Å². The third-order valence-electron chi connectivity index (χ3n) is 1.82. The second-order valence-electron chi connectivity index (χ2n) is 3.48. The molecule has 0 N–H and O–H groups in total. The molecule has 0 bridgehead atoms. The highest BCUT2D eigenvalue weighted by Crippen LogP contribution is 2.11. The number of hydrogen-bond acceptors (Lipinski definition) is 3. The summed E-state index contributed by atoms with van der Waals surface area (Å²) < 4.78 is 34.9. The van der Waals surface area contributed by atoms with Crippen LogP contribution in [0, 0.1) is 12.7 Å². The highest BCUT2D eigenvalue weighted by molar-refractivity contribution is 7.91. The van der Waals surface area contributed by atoms with Crippen LogP contribution < -0.4 is 0 Å². The minimum absolute atomic E-state index is 0.166. The summed E-state index contributed by atoms with van der Waals surface area (Å²) in [6.45, 7) is 1.71. The van der Waals surface area contributed by atoms with Crippen molar-refractivity contribution >= 4 is 15.6 Å². The van der Waals surface area contributed by atoms with Gasteiger partial charge in [0.15, 0.2) is 15.6 Å². The molecule has 0 unspecified atom stereocenters. The molecule has 0 aromatic heterocycles. The molecule has 0 spiro atoms. The number of hydrogen-bond donors (Lipinski definition) is 0. The SMILES string of the molecule is Cc1ccc(F)c(C(=O)CS(C)(=O)=O)c1. The Labute approximate surface area is 87.8 Å². The van der Waals surface area contributed by atoms with E-state index in [9.17, 15) is 17.6 Å². The molecule has 1 rings (SSSR count). The maximum absolute atomic E-state index is 13.2. The number of carbonyl (C=O) groups is 1. The van der Waals surface area contributed by atoms with E-state index in [2.05, 4.69) is 0 Å². The van der Waals surface area contributed by atoms with E-state index in [0.717, 1.165) is 12.3 Å². The van der Waals surface area contributed by atoms with Gasteiger partial charge in [0.2, 0.25) is 0 Å². The van der Waals surface area contributed by atoms with Crippen molar-refractivity contribution in [1.29, 1.82) is 0 Å². The topological polar surface area (TPSA) is 51.2 Å². The van der Waals surface area contributed by atoms with Gasteiger partial charge in [-0.05, 0) is 19.1 Å². The summed E-state index contributed by atoms with van der Waals surface area (Å²) in [6.07, 6.45) is 0.943. The lowest BCUT2D eigenvalue weighted by Gasteiger charge is -2.02. The number of Topliss-reactive ketones (excluding diaryl/α,β-unsaturated/α-hetero) is 1. The number of halogens is 1. The van der Waals surface area contributed by atoms with Gasteiger partial charge in [-0.25, -0.2) is 12.8 Å². The van der Waals surface area contributed by atoms with Gasteiger partial charge in [-0.1, -0.05) is 11.6 Å². The summed E-state index contributed by atoms with van der Waals surface area (Å²) in [6, 6.07) is 4.03. The van der Waals surface area contributed by atoms with Gasteiger partial charge in [-0.15, -0.1) is 0 Å². The number of rotatable bonds is 3. The smallest absolute Gasteiger partial charge is 0.180 e. The molecule has 0 aliphatic heterocycles. The van der Waals surface area contributed by atoms with E-state index >= 15 is 0 Å². The predicted octanol–water partition coefficient (Wildman–Crippen LogP) is 1.36. The van der Waals surface area contributed by atoms with Crippen LogP contribution in [0.1, 0.15) is 15.9 Å². The van der Waals surface area contributed by atoms with Crippen LogP contribution in [-0.4, -0.2) is 26.2 Å². The molecule has 5 heteroatoms. The van der Waals surface area contributed by atoms with Crippen molar-refractivity contribution in [3.63, 3.8) is 0 Å². The molecule has 0 saturated heterocycles. The lowest BCUT2D eigenvalue weighted by molar-refractivity contribution is 0.101. The largest absolute Gasteiger partial charge is 0.293 e. The molecule has 0 amide bonds. The van der Waals surface area contributed by atoms with Gasteiger partial charge in [0.1, 0.15) is 11.6 Å². The van der Waals surface area contributed by atoms with Gasteiger partial charge >= 0.3 is 0 Å². The molecule has 0 atom stereocenters. The Morgan fingerprint density at radius 3 is 2.53 bits per heavy atom. The Morgan fingerprint density at radius 2 is 2.00 bits per heavy atom. The second-order valence-corrected chi connectivity index (χ2v) is 5.62. The third kappa shape index (κ3) is 3.43. The summed E-state index contributed by atoms with van der Waals surface area (Å²) in [5, 5.41) is 0. The quantitative estimate of drug-likeness (QED) is 0.737. The Hall–Kier alpha value is -1.23. The molecule has 1 aromatic rings. The van der Waals surface area contributed by atoms with E-state index in [4.69, 9.17) is 0 Å². The molecule has 15 heavy (non-hydrogen) atoms. The van der Waals surface area contributed by atoms with Crippen molar-refractivity contribution in [3.8, 4) is 0 Å². The molecule has 0 saturated carbocycles. The van der Waals surface area contributed by atoms with Crippen molar-refractivity contribution < 1.29 is 17.6 Å². The molecule has 0 heterocycles. The lowest BCUT2D eigenvalue weighted by atomic mass is 10.1. The zero-order valence-corrected chi connectivity index (χ0v) is 9.27. The molecule has 82 valence electrons. The van der Waals surface area contributed by atoms with E-state index in [-0.39, 0.29) is 5.56 Å². The van der Waals surface area contributed by atoms with Gasteiger partial charge in [0.05, 0.1) is 5.56 Å². The molecule has 0 fully saturated rings. The summed E-state index contributed by atoms with van der Waals surface area (Å²) in [4.78, 5) is 11.4. The van der Waals surface area contributed by atoms with Crippen LogP contribution in [-0.2, 0) is 9.84 Å². The molecule has 3 nitrogen and oxygen atoms in total. The van der Waals surface area contributed by atoms with Crippen molar-refractivity contribution in [3.05, 3.63) is 35.1 Å². The molecule has 1 aromatic carbocycles. The third-order valence-corrected chi connectivity index (χ3v) is 2.60. The van der Waals surface area contributed by atoms with Crippen LogP contribution in [0.25, 0.3) is 0 Å². The lowest BCUT2D eigenvalue weighted by Crippen LogP contribution is -2.16. The Bertz CT molecular complexity index is 491. The van der Waals surface area contributed by atoms with Gasteiger partial charge in [-0.3, -0.25) is 4.79 Å². The maximum Gasteiger partial charge on any atom is 0.180 e. The van der Waals surface area contributed by atoms with Crippen molar-refractivity contribution in [1.82, 2.24) is 0 Å². The molecular formula is C10H11FO3S. The van der Waals surface area contributed by atoms with Crippen molar-refractivity contribution in [2.24, 2.45) is 0 Å². The van der Waals surface area contributed by atoms with Crippen LogP contribution in [0.5, 0.6) is 0 Å². The van der Waals surface area contributed by atoms with Crippen LogP contribution in [0.3, 0.4) is 0 Å². The predicted molar refractivity (Wildman–Crippen MR) is 55.2 cm³/mol. The summed E-state index contributed by atoms with van der Waals surface area (Å²) in [5.41, 5.74) is 0.550. The maximum atomic E-state index is 13.2. The van der Waals surface area contributed by atoms with Crippen molar-refractivity contribution in [2.75, 3.05) is 12.0 Å². The fourth-order valence-electron chi connectivity index (χ4n) is 1.17. The first kappa shape index (κ1) is 11.8. The Kier molecular flexibility index (Phi) is 3.24. The zero-order valence-electron chi connectivity index (χ0n) is 8.45. The summed E-state index contributed by atoms with van der Waals surface area (Å²) >= 11 is 0. The minimum Gasteiger partial charge on any atom is -0.293 e.